The van der Waals surface area contributed by atoms with Crippen LogP contribution in [-0.2, 0) is 0 Å². The van der Waals surface area contributed by atoms with Gasteiger partial charge in [0, 0.05) is 18.2 Å². The molecule has 1 aliphatic heterocycles. The van der Waals surface area contributed by atoms with Gasteiger partial charge in [-0.25, -0.2) is 0 Å². The van der Waals surface area contributed by atoms with Crippen molar-refractivity contribution in [2.24, 2.45) is 0 Å². The van der Waals surface area contributed by atoms with Crippen LogP contribution in [0.1, 0.15) is 22.5 Å². The Kier molecular flexibility index (Phi) is 2.49. The van der Waals surface area contributed by atoms with E-state index in [1.807, 2.05) is 0 Å². The lowest BCUT2D eigenvalue weighted by atomic mass is 10.2. The number of amides is 1. The summed E-state index contributed by atoms with van der Waals surface area (Å²) >= 11 is 0. The van der Waals surface area contributed by atoms with Gasteiger partial charge in [-0.1, -0.05) is 5.16 Å². The third-order valence-corrected chi connectivity index (χ3v) is 2.35. The molecule has 1 aromatic heterocycles. The van der Waals surface area contributed by atoms with Crippen LogP contribution in [0.3, 0.4) is 0 Å². The molecule has 0 spiro atoms. The molecule has 0 saturated carbocycles. The fourth-order valence-electron chi connectivity index (χ4n) is 1.54. The molecule has 0 radical (unpaired) electrons. The zero-order chi connectivity index (χ0) is 9.97. The van der Waals surface area contributed by atoms with Crippen LogP contribution in [-0.4, -0.2) is 30.2 Å². The number of rotatable bonds is 2. The maximum absolute atomic E-state index is 11.6. The van der Waals surface area contributed by atoms with E-state index in [0.717, 1.165) is 25.1 Å². The number of nitrogens with zero attached hydrogens (tertiary/aromatic N) is 1. The average Bonchev–Trinajstić information content (AvgIpc) is 2.75. The number of carbonyl (C=O) groups is 1. The van der Waals surface area contributed by atoms with Crippen molar-refractivity contribution in [1.82, 2.24) is 15.8 Å². The van der Waals surface area contributed by atoms with Gasteiger partial charge in [0.15, 0.2) is 0 Å². The van der Waals surface area contributed by atoms with Crippen molar-refractivity contribution in [2.75, 3.05) is 13.1 Å². The van der Waals surface area contributed by atoms with E-state index in [9.17, 15) is 4.79 Å². The first kappa shape index (κ1) is 9.21. The van der Waals surface area contributed by atoms with Crippen molar-refractivity contribution in [3.8, 4) is 0 Å². The summed E-state index contributed by atoms with van der Waals surface area (Å²) < 4.78 is 4.85. The van der Waals surface area contributed by atoms with Crippen molar-refractivity contribution < 1.29 is 9.32 Å². The standard InChI is InChI=1S/C9H13N3O2/c1-6-4-11-14-8(6)9(13)12-7-2-3-10-5-7/h4,7,10H,2-3,5H2,1H3,(H,12,13)/t7-/m1/s1. The molecular weight excluding hydrogens is 182 g/mol. The molecule has 1 aromatic rings. The van der Waals surface area contributed by atoms with Crippen molar-refractivity contribution in [3.63, 3.8) is 0 Å². The van der Waals surface area contributed by atoms with Gasteiger partial charge < -0.3 is 15.2 Å². The zero-order valence-electron chi connectivity index (χ0n) is 8.04. The largest absolute Gasteiger partial charge is 0.351 e. The number of nitrogens with one attached hydrogen (secondary N) is 2. The minimum absolute atomic E-state index is 0.172. The predicted octanol–water partition coefficient (Wildman–Crippen LogP) is 0.0747. The molecular formula is C9H13N3O2. The minimum atomic E-state index is -0.172. The third kappa shape index (κ3) is 1.77. The van der Waals surface area contributed by atoms with Gasteiger partial charge in [0.05, 0.1) is 6.20 Å². The van der Waals surface area contributed by atoms with Crippen molar-refractivity contribution in [2.45, 2.75) is 19.4 Å². The van der Waals surface area contributed by atoms with Crippen molar-refractivity contribution in [1.29, 1.82) is 0 Å². The highest BCUT2D eigenvalue weighted by atomic mass is 16.5. The number of aromatic nitrogens is 1. The van der Waals surface area contributed by atoms with E-state index in [2.05, 4.69) is 15.8 Å². The fourth-order valence-corrected chi connectivity index (χ4v) is 1.54. The van der Waals surface area contributed by atoms with E-state index in [1.54, 1.807) is 13.1 Å². The lowest BCUT2D eigenvalue weighted by Crippen LogP contribution is -2.36. The second-order valence-electron chi connectivity index (χ2n) is 3.50. The van der Waals surface area contributed by atoms with Gasteiger partial charge in [-0.05, 0) is 19.9 Å². The summed E-state index contributed by atoms with van der Waals surface area (Å²) in [5, 5.41) is 9.63. The summed E-state index contributed by atoms with van der Waals surface area (Å²) in [4.78, 5) is 11.6. The Bertz CT molecular complexity index is 329. The molecule has 1 amide bonds. The highest BCUT2D eigenvalue weighted by Gasteiger charge is 2.20. The first-order chi connectivity index (χ1) is 6.77. The summed E-state index contributed by atoms with van der Waals surface area (Å²) in [5.41, 5.74) is 0.772. The van der Waals surface area contributed by atoms with Crippen LogP contribution >= 0.6 is 0 Å². The van der Waals surface area contributed by atoms with Crippen molar-refractivity contribution >= 4 is 5.91 Å². The van der Waals surface area contributed by atoms with Gasteiger partial charge in [0.2, 0.25) is 5.76 Å². The van der Waals surface area contributed by atoms with Crippen LogP contribution in [0.2, 0.25) is 0 Å². The molecule has 1 atom stereocenters. The number of hydrogen-bond donors (Lipinski definition) is 2. The van der Waals surface area contributed by atoms with Crippen molar-refractivity contribution in [3.05, 3.63) is 17.5 Å². The summed E-state index contributed by atoms with van der Waals surface area (Å²) in [6.45, 7) is 3.59. The molecule has 0 bridgehead atoms. The molecule has 5 heteroatoms. The molecule has 76 valence electrons. The van der Waals surface area contributed by atoms with Crippen LogP contribution in [0, 0.1) is 6.92 Å². The molecule has 2 rings (SSSR count). The Morgan fingerprint density at radius 2 is 2.64 bits per heavy atom. The van der Waals surface area contributed by atoms with Gasteiger partial charge in [-0.3, -0.25) is 4.79 Å². The van der Waals surface area contributed by atoms with Gasteiger partial charge in [-0.2, -0.15) is 0 Å². The molecule has 1 saturated heterocycles. The SMILES string of the molecule is Cc1cnoc1C(=O)N[C@@H]1CCNC1. The highest BCUT2D eigenvalue weighted by Crippen LogP contribution is 2.07. The van der Waals surface area contributed by atoms with Crippen LogP contribution in [0.25, 0.3) is 0 Å². The normalized spacial score (nSPS) is 21.1. The zero-order valence-corrected chi connectivity index (χ0v) is 8.04. The number of hydrogen-bond acceptors (Lipinski definition) is 4. The molecule has 0 unspecified atom stereocenters. The quantitative estimate of drug-likeness (QED) is 0.701. The smallest absolute Gasteiger partial charge is 0.290 e. The van der Waals surface area contributed by atoms with E-state index in [-0.39, 0.29) is 11.9 Å². The summed E-state index contributed by atoms with van der Waals surface area (Å²) in [6.07, 6.45) is 2.51. The molecule has 2 N–H and O–H groups in total. The van der Waals surface area contributed by atoms with Gasteiger partial charge >= 0.3 is 0 Å². The van der Waals surface area contributed by atoms with E-state index in [0.29, 0.717) is 5.76 Å². The van der Waals surface area contributed by atoms with E-state index >= 15 is 0 Å². The number of aryl methyl sites for hydroxylation is 1. The summed E-state index contributed by atoms with van der Waals surface area (Å²) in [7, 11) is 0. The molecule has 1 fully saturated rings. The predicted molar refractivity (Wildman–Crippen MR) is 50.0 cm³/mol. The Hall–Kier alpha value is -1.36. The third-order valence-electron chi connectivity index (χ3n) is 2.35. The average molecular weight is 195 g/mol. The maximum Gasteiger partial charge on any atom is 0.290 e. The molecule has 0 aliphatic carbocycles. The molecule has 5 nitrogen and oxygen atoms in total. The first-order valence-electron chi connectivity index (χ1n) is 4.70. The van der Waals surface area contributed by atoms with Gasteiger partial charge in [-0.15, -0.1) is 0 Å². The van der Waals surface area contributed by atoms with Crippen LogP contribution in [0.15, 0.2) is 10.7 Å². The lowest BCUT2D eigenvalue weighted by Gasteiger charge is -2.09. The second-order valence-corrected chi connectivity index (χ2v) is 3.50. The van der Waals surface area contributed by atoms with Crippen LogP contribution < -0.4 is 10.6 Å². The second kappa shape index (κ2) is 3.79. The molecule has 0 aromatic carbocycles. The fraction of sp³-hybridized carbons (Fsp3) is 0.556. The van der Waals surface area contributed by atoms with E-state index in [1.165, 1.54) is 0 Å². The van der Waals surface area contributed by atoms with E-state index < -0.39 is 0 Å². The summed E-state index contributed by atoms with van der Waals surface area (Å²) in [6, 6.07) is 0.215. The monoisotopic (exact) mass is 195 g/mol. The van der Waals surface area contributed by atoms with Crippen LogP contribution in [0.4, 0.5) is 0 Å². The first-order valence-corrected chi connectivity index (χ1v) is 4.70. The maximum atomic E-state index is 11.6. The molecule has 1 aliphatic rings. The Balaban J connectivity index is 1.98. The van der Waals surface area contributed by atoms with Gasteiger partial charge in [0.1, 0.15) is 0 Å². The van der Waals surface area contributed by atoms with Gasteiger partial charge in [0.25, 0.3) is 5.91 Å². The topological polar surface area (TPSA) is 67.2 Å². The summed E-state index contributed by atoms with van der Waals surface area (Å²) in [5.74, 6) is 0.144. The lowest BCUT2D eigenvalue weighted by molar-refractivity contribution is 0.0902. The van der Waals surface area contributed by atoms with Crippen LogP contribution in [0.5, 0.6) is 0 Å². The Labute approximate surface area is 81.8 Å². The van der Waals surface area contributed by atoms with E-state index in [4.69, 9.17) is 4.52 Å². The minimum Gasteiger partial charge on any atom is -0.351 e. The molecule has 2 heterocycles. The molecule has 14 heavy (non-hydrogen) atoms. The highest BCUT2D eigenvalue weighted by molar-refractivity contribution is 5.92. The number of carbonyl (C=O) groups excluding carboxylic acids is 1. The Morgan fingerprint density at radius 3 is 3.21 bits per heavy atom. The Morgan fingerprint density at radius 1 is 1.79 bits per heavy atom.